The van der Waals surface area contributed by atoms with Crippen LogP contribution >= 0.6 is 0 Å². The molecule has 8 heteroatoms. The summed E-state index contributed by atoms with van der Waals surface area (Å²) in [6, 6.07) is 0. The highest BCUT2D eigenvalue weighted by molar-refractivity contribution is 5.79. The lowest BCUT2D eigenvalue weighted by molar-refractivity contribution is -0.150. The molecule has 0 saturated heterocycles. The molecule has 0 aliphatic carbocycles. The molecule has 1 amide bonds. The summed E-state index contributed by atoms with van der Waals surface area (Å²) >= 11 is 0. The summed E-state index contributed by atoms with van der Waals surface area (Å²) in [5.41, 5.74) is 6.37. The molecular formula is C22H36F2N2O4. The number of carbonyl (C=O) groups is 2. The molecule has 0 radical (unpaired) electrons. The lowest BCUT2D eigenvalue weighted by Gasteiger charge is -2.23. The number of allylic oxidation sites excluding steroid dienone is 5. The molecule has 0 saturated carbocycles. The Morgan fingerprint density at radius 3 is 2.17 bits per heavy atom. The van der Waals surface area contributed by atoms with Crippen LogP contribution in [0.15, 0.2) is 34.9 Å². The average Bonchev–Trinajstić information content (AvgIpc) is 2.64. The molecule has 4 N–H and O–H groups in total. The van der Waals surface area contributed by atoms with Gasteiger partial charge in [-0.1, -0.05) is 28.9 Å². The summed E-state index contributed by atoms with van der Waals surface area (Å²) in [5.74, 6) is -1.77. The number of carbonyl (C=O) groups excluding carboxylic acids is 1. The number of carboxylic acid groups (broad SMARTS) is 1. The molecule has 0 aromatic rings. The zero-order valence-corrected chi connectivity index (χ0v) is 18.5. The predicted octanol–water partition coefficient (Wildman–Crippen LogP) is 4.96. The summed E-state index contributed by atoms with van der Waals surface area (Å²) in [6.07, 6.45) is 5.81. The number of alkyl carbamates (subject to hydrolysis) is 1. The third-order valence-electron chi connectivity index (χ3n) is 4.59. The van der Waals surface area contributed by atoms with Gasteiger partial charge in [0.2, 0.25) is 0 Å². The van der Waals surface area contributed by atoms with Crippen LogP contribution in [0.1, 0.15) is 66.2 Å². The van der Waals surface area contributed by atoms with Crippen LogP contribution in [0, 0.1) is 0 Å². The summed E-state index contributed by atoms with van der Waals surface area (Å²) in [4.78, 5) is 22.4. The van der Waals surface area contributed by atoms with E-state index in [4.69, 9.17) is 15.6 Å². The summed E-state index contributed by atoms with van der Waals surface area (Å²) < 4.78 is 30.5. The summed E-state index contributed by atoms with van der Waals surface area (Å²) in [6.45, 7) is 8.37. The van der Waals surface area contributed by atoms with E-state index in [1.54, 1.807) is 0 Å². The van der Waals surface area contributed by atoms with Crippen LogP contribution in [-0.4, -0.2) is 42.3 Å². The van der Waals surface area contributed by atoms with Crippen LogP contribution in [0.4, 0.5) is 13.6 Å². The molecule has 172 valence electrons. The number of aliphatic carboxylic acids is 1. The standard InChI is InChI=1S/C22H36F2N2O4/c1-16(2)8-5-9-17(3)10-6-11-18(4)12-15-30-21(29)26-14-7-13-22(25,19(23)24)20(27)28/h8,10,12,19H,5-7,9,11,13-15,25H2,1-4H3,(H,26,29)(H,27,28)/b17-10+,18-12+. The third kappa shape index (κ3) is 12.4. The average molecular weight is 431 g/mol. The van der Waals surface area contributed by atoms with Crippen molar-refractivity contribution in [3.05, 3.63) is 34.9 Å². The second kappa shape index (κ2) is 14.7. The fraction of sp³-hybridized carbons (Fsp3) is 0.636. The molecule has 0 spiro atoms. The number of rotatable bonds is 14. The molecule has 0 aromatic heterocycles. The molecule has 0 rings (SSSR count). The topological polar surface area (TPSA) is 102 Å². The van der Waals surface area contributed by atoms with Gasteiger partial charge in [0, 0.05) is 6.54 Å². The highest BCUT2D eigenvalue weighted by Gasteiger charge is 2.43. The van der Waals surface area contributed by atoms with E-state index in [1.807, 2.05) is 13.0 Å². The van der Waals surface area contributed by atoms with Crippen LogP contribution in [0.5, 0.6) is 0 Å². The Balaban J connectivity index is 4.07. The van der Waals surface area contributed by atoms with Gasteiger partial charge in [-0.2, -0.15) is 0 Å². The van der Waals surface area contributed by atoms with Gasteiger partial charge < -0.3 is 20.9 Å². The Morgan fingerprint density at radius 1 is 1.07 bits per heavy atom. The van der Waals surface area contributed by atoms with Crippen molar-refractivity contribution in [2.24, 2.45) is 5.73 Å². The minimum Gasteiger partial charge on any atom is -0.480 e. The highest BCUT2D eigenvalue weighted by atomic mass is 19.3. The fourth-order valence-corrected chi connectivity index (χ4v) is 2.53. The minimum atomic E-state index is -3.19. The third-order valence-corrected chi connectivity index (χ3v) is 4.59. The first kappa shape index (κ1) is 27.8. The number of carboxylic acids is 1. The molecule has 0 bridgehead atoms. The molecule has 0 aliphatic rings. The Bertz CT molecular complexity index is 641. The first-order valence-corrected chi connectivity index (χ1v) is 10.1. The van der Waals surface area contributed by atoms with Gasteiger partial charge in [-0.05, 0) is 72.3 Å². The molecule has 1 atom stereocenters. The molecule has 0 fully saturated rings. The second-order valence-corrected chi connectivity index (χ2v) is 7.73. The van der Waals surface area contributed by atoms with Gasteiger partial charge in [0.25, 0.3) is 6.43 Å². The van der Waals surface area contributed by atoms with E-state index < -0.39 is 30.4 Å². The smallest absolute Gasteiger partial charge is 0.407 e. The lowest BCUT2D eigenvalue weighted by atomic mass is 9.95. The van der Waals surface area contributed by atoms with Crippen LogP contribution in [-0.2, 0) is 9.53 Å². The maximum atomic E-state index is 12.7. The van der Waals surface area contributed by atoms with Crippen molar-refractivity contribution in [1.82, 2.24) is 5.32 Å². The highest BCUT2D eigenvalue weighted by Crippen LogP contribution is 2.19. The molecule has 6 nitrogen and oxygen atoms in total. The van der Waals surface area contributed by atoms with E-state index >= 15 is 0 Å². The molecule has 1 unspecified atom stereocenters. The monoisotopic (exact) mass is 430 g/mol. The van der Waals surface area contributed by atoms with Gasteiger partial charge in [-0.3, -0.25) is 0 Å². The Labute approximate surface area is 178 Å². The number of alkyl halides is 2. The number of halogens is 2. The Kier molecular flexibility index (Phi) is 13.6. The zero-order chi connectivity index (χ0) is 23.2. The van der Waals surface area contributed by atoms with Crippen molar-refractivity contribution in [1.29, 1.82) is 0 Å². The lowest BCUT2D eigenvalue weighted by Crippen LogP contribution is -2.54. The summed E-state index contributed by atoms with van der Waals surface area (Å²) in [7, 11) is 0. The number of hydrogen-bond donors (Lipinski definition) is 3. The van der Waals surface area contributed by atoms with Crippen LogP contribution in [0.2, 0.25) is 0 Å². The maximum absolute atomic E-state index is 12.7. The van der Waals surface area contributed by atoms with Gasteiger partial charge in [0.15, 0.2) is 5.54 Å². The number of nitrogens with one attached hydrogen (secondary N) is 1. The SMILES string of the molecule is CC(C)=CCC/C(C)=C/CC/C(C)=C/COC(=O)NCCCC(N)(C(=O)O)C(F)F. The molecular weight excluding hydrogens is 394 g/mol. The first-order valence-electron chi connectivity index (χ1n) is 10.1. The molecule has 0 aromatic carbocycles. The second-order valence-electron chi connectivity index (χ2n) is 7.73. The van der Waals surface area contributed by atoms with E-state index in [9.17, 15) is 18.4 Å². The predicted molar refractivity (Wildman–Crippen MR) is 115 cm³/mol. The number of ether oxygens (including phenoxy) is 1. The van der Waals surface area contributed by atoms with E-state index in [1.165, 1.54) is 11.1 Å². The van der Waals surface area contributed by atoms with E-state index in [-0.39, 0.29) is 19.6 Å². The van der Waals surface area contributed by atoms with Crippen molar-refractivity contribution in [2.45, 2.75) is 78.2 Å². The maximum Gasteiger partial charge on any atom is 0.407 e. The zero-order valence-electron chi connectivity index (χ0n) is 18.5. The van der Waals surface area contributed by atoms with Crippen LogP contribution in [0.3, 0.4) is 0 Å². The first-order chi connectivity index (χ1) is 14.0. The van der Waals surface area contributed by atoms with Crippen molar-refractivity contribution in [3.63, 3.8) is 0 Å². The van der Waals surface area contributed by atoms with Gasteiger partial charge in [0.1, 0.15) is 6.61 Å². The Morgan fingerprint density at radius 2 is 1.63 bits per heavy atom. The van der Waals surface area contributed by atoms with Crippen molar-refractivity contribution >= 4 is 12.1 Å². The van der Waals surface area contributed by atoms with Crippen molar-refractivity contribution in [3.8, 4) is 0 Å². The number of hydrogen-bond acceptors (Lipinski definition) is 4. The largest absolute Gasteiger partial charge is 0.480 e. The van der Waals surface area contributed by atoms with Crippen LogP contribution < -0.4 is 11.1 Å². The minimum absolute atomic E-state index is 0.00268. The summed E-state index contributed by atoms with van der Waals surface area (Å²) in [5, 5.41) is 11.2. The van der Waals surface area contributed by atoms with E-state index in [2.05, 4.69) is 38.2 Å². The molecule has 0 heterocycles. The van der Waals surface area contributed by atoms with E-state index in [0.717, 1.165) is 31.3 Å². The van der Waals surface area contributed by atoms with Gasteiger partial charge >= 0.3 is 12.1 Å². The molecule has 0 aliphatic heterocycles. The van der Waals surface area contributed by atoms with Gasteiger partial charge in [-0.25, -0.2) is 18.4 Å². The normalized spacial score (nSPS) is 14.3. The quantitative estimate of drug-likeness (QED) is 0.267. The van der Waals surface area contributed by atoms with Crippen molar-refractivity contribution < 1.29 is 28.2 Å². The van der Waals surface area contributed by atoms with Gasteiger partial charge in [0.05, 0.1) is 0 Å². The fourth-order valence-electron chi connectivity index (χ4n) is 2.53. The number of amides is 1. The molecule has 30 heavy (non-hydrogen) atoms. The van der Waals surface area contributed by atoms with E-state index in [0.29, 0.717) is 0 Å². The van der Waals surface area contributed by atoms with Crippen molar-refractivity contribution in [2.75, 3.05) is 13.2 Å². The van der Waals surface area contributed by atoms with Crippen LogP contribution in [0.25, 0.3) is 0 Å². The Hall–Kier alpha value is -2.22. The number of nitrogens with two attached hydrogens (primary N) is 1. The van der Waals surface area contributed by atoms with Gasteiger partial charge in [-0.15, -0.1) is 0 Å².